The smallest absolute Gasteiger partial charge is 0.335 e. The molecule has 0 spiro atoms. The third kappa shape index (κ3) is 3.18. The van der Waals surface area contributed by atoms with Crippen LogP contribution in [0.2, 0.25) is 5.02 Å². The third-order valence-corrected chi connectivity index (χ3v) is 4.81. The van der Waals surface area contributed by atoms with E-state index in [0.29, 0.717) is 10.6 Å². The van der Waals surface area contributed by atoms with Gasteiger partial charge in [0.15, 0.2) is 9.84 Å². The maximum Gasteiger partial charge on any atom is 0.335 e. The highest BCUT2D eigenvalue weighted by Crippen LogP contribution is 2.22. The van der Waals surface area contributed by atoms with Gasteiger partial charge in [0, 0.05) is 5.02 Å². The Morgan fingerprint density at radius 2 is 1.65 bits per heavy atom. The maximum absolute atomic E-state index is 12.2. The highest BCUT2D eigenvalue weighted by atomic mass is 35.5. The molecule has 0 radical (unpaired) electrons. The van der Waals surface area contributed by atoms with Gasteiger partial charge in [0.2, 0.25) is 0 Å². The lowest BCUT2D eigenvalue weighted by Crippen LogP contribution is -2.06. The number of carbonyl (C=O) groups is 1. The fourth-order valence-electron chi connectivity index (χ4n) is 1.71. The number of benzene rings is 2. The van der Waals surface area contributed by atoms with Crippen molar-refractivity contribution in [3.05, 3.63) is 64.7 Å². The Labute approximate surface area is 121 Å². The van der Waals surface area contributed by atoms with E-state index in [1.807, 2.05) is 0 Å². The quantitative estimate of drug-likeness (QED) is 0.942. The summed E-state index contributed by atoms with van der Waals surface area (Å²) in [6.45, 7) is 0. The van der Waals surface area contributed by atoms with E-state index in [0.717, 1.165) is 0 Å². The highest BCUT2D eigenvalue weighted by molar-refractivity contribution is 7.90. The molecule has 0 saturated carbocycles. The van der Waals surface area contributed by atoms with E-state index < -0.39 is 15.8 Å². The van der Waals surface area contributed by atoms with Crippen LogP contribution in [-0.2, 0) is 15.6 Å². The van der Waals surface area contributed by atoms with E-state index in [9.17, 15) is 13.2 Å². The average Bonchev–Trinajstić information content (AvgIpc) is 2.41. The van der Waals surface area contributed by atoms with Gasteiger partial charge in [-0.05, 0) is 35.9 Å². The van der Waals surface area contributed by atoms with Gasteiger partial charge in [-0.25, -0.2) is 13.2 Å². The van der Waals surface area contributed by atoms with E-state index >= 15 is 0 Å². The molecule has 0 heterocycles. The lowest BCUT2D eigenvalue weighted by Gasteiger charge is -2.06. The first kappa shape index (κ1) is 14.6. The summed E-state index contributed by atoms with van der Waals surface area (Å²) in [5.41, 5.74) is 0.554. The second kappa shape index (κ2) is 5.64. The summed E-state index contributed by atoms with van der Waals surface area (Å²) in [6.07, 6.45) is 0. The SMILES string of the molecule is O=C(O)c1ccc(S(=O)(=O)Cc2ccccc2Cl)cc1. The van der Waals surface area contributed by atoms with Crippen LogP contribution in [0.25, 0.3) is 0 Å². The molecule has 0 fully saturated rings. The molecule has 0 aliphatic carbocycles. The molecule has 0 aromatic heterocycles. The lowest BCUT2D eigenvalue weighted by molar-refractivity contribution is 0.0697. The predicted octanol–water partition coefficient (Wildman–Crippen LogP) is 3.01. The minimum Gasteiger partial charge on any atom is -0.478 e. The zero-order valence-electron chi connectivity index (χ0n) is 10.3. The average molecular weight is 311 g/mol. The molecule has 2 aromatic carbocycles. The molecule has 0 atom stereocenters. The van der Waals surface area contributed by atoms with Crippen molar-refractivity contribution in [1.29, 1.82) is 0 Å². The fraction of sp³-hybridized carbons (Fsp3) is 0.0714. The summed E-state index contributed by atoms with van der Waals surface area (Å²) in [5.74, 6) is -1.32. The molecular weight excluding hydrogens is 300 g/mol. The zero-order chi connectivity index (χ0) is 14.8. The number of aromatic carboxylic acids is 1. The van der Waals surface area contributed by atoms with Gasteiger partial charge in [-0.1, -0.05) is 29.8 Å². The number of carboxylic acids is 1. The first-order valence-corrected chi connectivity index (χ1v) is 7.73. The van der Waals surface area contributed by atoms with Crippen molar-refractivity contribution in [2.45, 2.75) is 10.6 Å². The molecule has 6 heteroatoms. The van der Waals surface area contributed by atoms with E-state index in [2.05, 4.69) is 0 Å². The van der Waals surface area contributed by atoms with Crippen LogP contribution in [0, 0.1) is 0 Å². The summed E-state index contributed by atoms with van der Waals surface area (Å²) in [5, 5.41) is 9.17. The normalized spacial score (nSPS) is 11.2. The Kier molecular flexibility index (Phi) is 4.11. The Balaban J connectivity index is 2.31. The number of carboxylic acid groups (broad SMARTS) is 1. The molecule has 0 amide bonds. The van der Waals surface area contributed by atoms with E-state index in [1.165, 1.54) is 24.3 Å². The molecule has 0 unspecified atom stereocenters. The molecule has 0 bridgehead atoms. The zero-order valence-corrected chi connectivity index (χ0v) is 11.9. The largest absolute Gasteiger partial charge is 0.478 e. The summed E-state index contributed by atoms with van der Waals surface area (Å²) >= 11 is 5.94. The van der Waals surface area contributed by atoms with Crippen molar-refractivity contribution >= 4 is 27.4 Å². The first-order valence-electron chi connectivity index (χ1n) is 5.70. The molecule has 0 aliphatic heterocycles. The molecule has 0 aliphatic rings. The van der Waals surface area contributed by atoms with Crippen molar-refractivity contribution in [2.75, 3.05) is 0 Å². The Morgan fingerprint density at radius 1 is 1.05 bits per heavy atom. The second-order valence-corrected chi connectivity index (χ2v) is 6.58. The lowest BCUT2D eigenvalue weighted by atomic mass is 10.2. The van der Waals surface area contributed by atoms with Crippen LogP contribution in [-0.4, -0.2) is 19.5 Å². The van der Waals surface area contributed by atoms with Gasteiger partial charge >= 0.3 is 5.97 Å². The van der Waals surface area contributed by atoms with Crippen LogP contribution in [0.5, 0.6) is 0 Å². The van der Waals surface area contributed by atoms with E-state index in [4.69, 9.17) is 16.7 Å². The van der Waals surface area contributed by atoms with Crippen LogP contribution < -0.4 is 0 Å². The van der Waals surface area contributed by atoms with Gasteiger partial charge in [-0.15, -0.1) is 0 Å². The van der Waals surface area contributed by atoms with Crippen LogP contribution in [0.4, 0.5) is 0 Å². The first-order chi connectivity index (χ1) is 9.40. The number of halogens is 1. The molecule has 4 nitrogen and oxygen atoms in total. The van der Waals surface area contributed by atoms with Crippen LogP contribution >= 0.6 is 11.6 Å². The molecule has 0 saturated heterocycles. The van der Waals surface area contributed by atoms with Gasteiger partial charge in [0.25, 0.3) is 0 Å². The number of sulfone groups is 1. The highest BCUT2D eigenvalue weighted by Gasteiger charge is 2.17. The van der Waals surface area contributed by atoms with Crippen LogP contribution in [0.3, 0.4) is 0 Å². The summed E-state index contributed by atoms with van der Waals surface area (Å²) in [7, 11) is -3.56. The van der Waals surface area contributed by atoms with Crippen molar-refractivity contribution in [3.8, 4) is 0 Å². The van der Waals surface area contributed by atoms with Gasteiger partial charge in [0.05, 0.1) is 16.2 Å². The summed E-state index contributed by atoms with van der Waals surface area (Å²) in [4.78, 5) is 10.8. The van der Waals surface area contributed by atoms with Gasteiger partial charge < -0.3 is 5.11 Å². The molecule has 104 valence electrons. The summed E-state index contributed by atoms with van der Waals surface area (Å²) < 4.78 is 24.5. The number of hydrogen-bond acceptors (Lipinski definition) is 3. The van der Waals surface area contributed by atoms with Crippen LogP contribution in [0.1, 0.15) is 15.9 Å². The van der Waals surface area contributed by atoms with Gasteiger partial charge in [-0.2, -0.15) is 0 Å². The Hall–Kier alpha value is -1.85. The van der Waals surface area contributed by atoms with Crippen LogP contribution in [0.15, 0.2) is 53.4 Å². The topological polar surface area (TPSA) is 71.4 Å². The van der Waals surface area contributed by atoms with Gasteiger partial charge in [0.1, 0.15) is 0 Å². The van der Waals surface area contributed by atoms with E-state index in [1.54, 1.807) is 24.3 Å². The van der Waals surface area contributed by atoms with Crippen molar-refractivity contribution in [2.24, 2.45) is 0 Å². The predicted molar refractivity (Wildman–Crippen MR) is 75.7 cm³/mol. The van der Waals surface area contributed by atoms with Crippen molar-refractivity contribution in [1.82, 2.24) is 0 Å². The minimum atomic E-state index is -3.56. The molecule has 2 rings (SSSR count). The maximum atomic E-state index is 12.2. The third-order valence-electron chi connectivity index (χ3n) is 2.76. The second-order valence-electron chi connectivity index (χ2n) is 4.18. The Morgan fingerprint density at radius 3 is 2.20 bits per heavy atom. The van der Waals surface area contributed by atoms with E-state index in [-0.39, 0.29) is 16.2 Å². The van der Waals surface area contributed by atoms with Crippen molar-refractivity contribution < 1.29 is 18.3 Å². The standard InChI is InChI=1S/C14H11ClO4S/c15-13-4-2-1-3-11(13)9-20(18,19)12-7-5-10(6-8-12)14(16)17/h1-8H,9H2,(H,16,17). The fourth-order valence-corrected chi connectivity index (χ4v) is 3.37. The minimum absolute atomic E-state index is 0.0432. The molecular formula is C14H11ClO4S. The number of hydrogen-bond donors (Lipinski definition) is 1. The van der Waals surface area contributed by atoms with Gasteiger partial charge in [-0.3, -0.25) is 0 Å². The monoisotopic (exact) mass is 310 g/mol. The molecule has 2 aromatic rings. The summed E-state index contributed by atoms with van der Waals surface area (Å²) in [6, 6.07) is 11.8. The number of rotatable bonds is 4. The van der Waals surface area contributed by atoms with Crippen molar-refractivity contribution in [3.63, 3.8) is 0 Å². The molecule has 20 heavy (non-hydrogen) atoms. The molecule has 1 N–H and O–H groups in total. The Bertz CT molecular complexity index is 736.